The largest absolute Gasteiger partial charge is 0.480 e. The molecule has 0 saturated carbocycles. The number of hydrogen-bond donors (Lipinski definition) is 2. The van der Waals surface area contributed by atoms with Gasteiger partial charge in [0.1, 0.15) is 5.54 Å². The number of carboxylic acid groups (broad SMARTS) is 1. The van der Waals surface area contributed by atoms with E-state index in [1.54, 1.807) is 6.92 Å². The normalized spacial score (nSPS) is 14.2. The smallest absolute Gasteiger partial charge is 0.323 e. The predicted molar refractivity (Wildman–Crippen MR) is 79.9 cm³/mol. The second kappa shape index (κ2) is 7.43. The first kappa shape index (κ1) is 16.7. The molecule has 0 bridgehead atoms. The van der Waals surface area contributed by atoms with E-state index in [2.05, 4.69) is 30.3 Å². The monoisotopic (exact) mass is 281 g/mol. The zero-order valence-corrected chi connectivity index (χ0v) is 13.1. The molecule has 0 aliphatic rings. The quantitative estimate of drug-likeness (QED) is 0.728. The summed E-state index contributed by atoms with van der Waals surface area (Å²) in [5.74, 6) is -0.787. The van der Waals surface area contributed by atoms with Crippen molar-refractivity contribution in [2.75, 3.05) is 6.54 Å². The number of nitrogens with one attached hydrogen (secondary N) is 1. The summed E-state index contributed by atoms with van der Waals surface area (Å²) in [4.78, 5) is 11.3. The maximum atomic E-state index is 11.3. The Hall–Kier alpha value is -1.36. The molecule has 1 atom stereocenters. The van der Waals surface area contributed by atoms with E-state index < -0.39 is 11.5 Å². The van der Waals surface area contributed by atoms with Crippen molar-refractivity contribution in [3.63, 3.8) is 0 Å². The highest BCUT2D eigenvalue weighted by molar-refractivity contribution is 5.78. The van der Waals surface area contributed by atoms with Gasteiger partial charge in [-0.3, -0.25) is 9.48 Å². The molecule has 0 saturated heterocycles. The minimum absolute atomic E-state index is 0.598. The molecule has 1 unspecified atom stereocenters. The molecule has 1 aromatic heterocycles. The molecular weight excluding hydrogens is 254 g/mol. The van der Waals surface area contributed by atoms with Gasteiger partial charge in [-0.15, -0.1) is 0 Å². The number of nitrogens with zero attached hydrogens (tertiary/aromatic N) is 2. The average molecular weight is 281 g/mol. The van der Waals surface area contributed by atoms with Crippen LogP contribution in [0.4, 0.5) is 0 Å². The molecule has 0 spiro atoms. The van der Waals surface area contributed by atoms with Crippen molar-refractivity contribution >= 4 is 5.97 Å². The van der Waals surface area contributed by atoms with Crippen molar-refractivity contribution < 1.29 is 9.90 Å². The molecule has 20 heavy (non-hydrogen) atoms. The van der Waals surface area contributed by atoms with Gasteiger partial charge < -0.3 is 10.4 Å². The second-order valence-electron chi connectivity index (χ2n) is 5.33. The van der Waals surface area contributed by atoms with E-state index in [0.29, 0.717) is 13.0 Å². The van der Waals surface area contributed by atoms with Gasteiger partial charge in [0.05, 0.1) is 5.69 Å². The number of aromatic nitrogens is 2. The summed E-state index contributed by atoms with van der Waals surface area (Å²) in [5.41, 5.74) is 1.49. The summed E-state index contributed by atoms with van der Waals surface area (Å²) in [6.07, 6.45) is 3.29. The fraction of sp³-hybridized carbons (Fsp3) is 0.733. The molecule has 5 heteroatoms. The highest BCUT2D eigenvalue weighted by Crippen LogP contribution is 2.15. The molecular formula is C15H27N3O2. The van der Waals surface area contributed by atoms with Gasteiger partial charge in [-0.05, 0) is 45.2 Å². The van der Waals surface area contributed by atoms with Crippen LogP contribution < -0.4 is 5.32 Å². The Morgan fingerprint density at radius 1 is 1.40 bits per heavy atom. The Labute approximate surface area is 121 Å². The minimum atomic E-state index is -0.845. The minimum Gasteiger partial charge on any atom is -0.480 e. The van der Waals surface area contributed by atoms with Crippen LogP contribution in [0, 0.1) is 0 Å². The van der Waals surface area contributed by atoms with Gasteiger partial charge in [-0.25, -0.2) is 0 Å². The number of hydrogen-bond acceptors (Lipinski definition) is 3. The molecule has 0 aliphatic heterocycles. The summed E-state index contributed by atoms with van der Waals surface area (Å²) in [7, 11) is 0. The van der Waals surface area contributed by atoms with Crippen molar-refractivity contribution in [1.82, 2.24) is 15.1 Å². The van der Waals surface area contributed by atoms with Gasteiger partial charge in [0.2, 0.25) is 0 Å². The third kappa shape index (κ3) is 4.07. The van der Waals surface area contributed by atoms with Gasteiger partial charge in [-0.1, -0.05) is 20.8 Å². The Kier molecular flexibility index (Phi) is 6.20. The number of aliphatic carboxylic acids is 1. The van der Waals surface area contributed by atoms with E-state index in [1.807, 2.05) is 11.6 Å². The Morgan fingerprint density at radius 3 is 2.60 bits per heavy atom. The molecule has 0 radical (unpaired) electrons. The number of carboxylic acids is 1. The van der Waals surface area contributed by atoms with Crippen LogP contribution in [-0.2, 0) is 24.2 Å². The first-order valence-electron chi connectivity index (χ1n) is 7.50. The first-order chi connectivity index (χ1) is 9.46. The highest BCUT2D eigenvalue weighted by Gasteiger charge is 2.31. The van der Waals surface area contributed by atoms with Crippen molar-refractivity contribution in [2.45, 2.75) is 65.5 Å². The average Bonchev–Trinajstić information content (AvgIpc) is 2.81. The number of carbonyl (C=O) groups is 1. The highest BCUT2D eigenvalue weighted by atomic mass is 16.4. The lowest BCUT2D eigenvalue weighted by atomic mass is 9.96. The molecule has 1 rings (SSSR count). The van der Waals surface area contributed by atoms with Crippen molar-refractivity contribution in [3.8, 4) is 0 Å². The molecule has 1 heterocycles. The maximum Gasteiger partial charge on any atom is 0.323 e. The summed E-state index contributed by atoms with van der Waals surface area (Å²) in [6.45, 7) is 9.32. The molecule has 2 N–H and O–H groups in total. The van der Waals surface area contributed by atoms with E-state index in [9.17, 15) is 9.90 Å². The third-order valence-electron chi connectivity index (χ3n) is 3.72. The van der Waals surface area contributed by atoms with Crippen LogP contribution in [0.15, 0.2) is 6.07 Å². The molecule has 114 valence electrons. The SMILES string of the molecule is CCNC(C)(CCCn1nc(CC)cc1CC)C(=O)O. The topological polar surface area (TPSA) is 67.2 Å². The molecule has 0 aliphatic carbocycles. The van der Waals surface area contributed by atoms with E-state index >= 15 is 0 Å². The second-order valence-corrected chi connectivity index (χ2v) is 5.33. The standard InChI is InChI=1S/C15H27N3O2/c1-5-12-11-13(6-2)18(17-12)10-8-9-15(4,14(19)20)16-7-3/h11,16H,5-10H2,1-4H3,(H,19,20). The number of likely N-dealkylation sites (N-methyl/N-ethyl adjacent to an activating group) is 1. The van der Waals surface area contributed by atoms with Crippen LogP contribution in [-0.4, -0.2) is 32.9 Å². The van der Waals surface area contributed by atoms with Crippen molar-refractivity contribution in [1.29, 1.82) is 0 Å². The van der Waals surface area contributed by atoms with Gasteiger partial charge in [-0.2, -0.15) is 5.10 Å². The van der Waals surface area contributed by atoms with Crippen molar-refractivity contribution in [3.05, 3.63) is 17.5 Å². The lowest BCUT2D eigenvalue weighted by Crippen LogP contribution is -2.49. The lowest BCUT2D eigenvalue weighted by Gasteiger charge is -2.25. The van der Waals surface area contributed by atoms with Crippen LogP contribution in [0.1, 0.15) is 51.9 Å². The number of rotatable bonds is 9. The van der Waals surface area contributed by atoms with Gasteiger partial charge >= 0.3 is 5.97 Å². The Morgan fingerprint density at radius 2 is 2.10 bits per heavy atom. The molecule has 1 aromatic rings. The van der Waals surface area contributed by atoms with Crippen molar-refractivity contribution in [2.24, 2.45) is 0 Å². The van der Waals surface area contributed by atoms with E-state index in [4.69, 9.17) is 0 Å². The summed E-state index contributed by atoms with van der Waals surface area (Å²) in [6, 6.07) is 2.14. The Balaban J connectivity index is 2.63. The maximum absolute atomic E-state index is 11.3. The lowest BCUT2D eigenvalue weighted by molar-refractivity contribution is -0.144. The first-order valence-corrected chi connectivity index (χ1v) is 7.50. The zero-order chi connectivity index (χ0) is 15.2. The third-order valence-corrected chi connectivity index (χ3v) is 3.72. The predicted octanol–water partition coefficient (Wildman–Crippen LogP) is 2.24. The summed E-state index contributed by atoms with van der Waals surface area (Å²) in [5, 5.41) is 16.9. The fourth-order valence-electron chi connectivity index (χ4n) is 2.41. The van der Waals surface area contributed by atoms with E-state index in [-0.39, 0.29) is 0 Å². The van der Waals surface area contributed by atoms with Crippen LogP contribution in [0.25, 0.3) is 0 Å². The molecule has 0 amide bonds. The van der Waals surface area contributed by atoms with Gasteiger partial charge in [0.15, 0.2) is 0 Å². The zero-order valence-electron chi connectivity index (χ0n) is 13.1. The fourth-order valence-corrected chi connectivity index (χ4v) is 2.41. The molecule has 0 aromatic carbocycles. The van der Waals surface area contributed by atoms with Crippen LogP contribution in [0.2, 0.25) is 0 Å². The Bertz CT molecular complexity index is 442. The molecule has 0 fully saturated rings. The molecule has 5 nitrogen and oxygen atoms in total. The van der Waals surface area contributed by atoms with Gasteiger partial charge in [0.25, 0.3) is 0 Å². The van der Waals surface area contributed by atoms with Crippen LogP contribution in [0.5, 0.6) is 0 Å². The summed E-state index contributed by atoms with van der Waals surface area (Å²) >= 11 is 0. The van der Waals surface area contributed by atoms with E-state index in [1.165, 1.54) is 5.69 Å². The van der Waals surface area contributed by atoms with E-state index in [0.717, 1.165) is 31.5 Å². The number of aryl methyl sites for hydroxylation is 3. The van der Waals surface area contributed by atoms with Gasteiger partial charge in [0, 0.05) is 12.2 Å². The van der Waals surface area contributed by atoms with Crippen LogP contribution >= 0.6 is 0 Å². The summed E-state index contributed by atoms with van der Waals surface area (Å²) < 4.78 is 2.02. The van der Waals surface area contributed by atoms with Crippen LogP contribution in [0.3, 0.4) is 0 Å².